The van der Waals surface area contributed by atoms with Gasteiger partial charge in [-0.05, 0) is 43.7 Å². The highest BCUT2D eigenvalue weighted by molar-refractivity contribution is 5.93. The van der Waals surface area contributed by atoms with E-state index in [9.17, 15) is 23.1 Å². The molecule has 1 aromatic heterocycles. The molecule has 1 heterocycles. The predicted octanol–water partition coefficient (Wildman–Crippen LogP) is 5.79. The molecule has 0 fully saturated rings. The van der Waals surface area contributed by atoms with Gasteiger partial charge in [-0.15, -0.1) is 13.2 Å². The number of nitrogens with zero attached hydrogens (tertiary/aromatic N) is 2. The molecule has 1 atom stereocenters. The SMILES string of the molecule is Cc1noc(-c2ccc(OC(F)(F)F)cc2)c1N(C(=O)O)C(C)c1ccccc1. The number of amides is 1. The molecule has 0 bridgehead atoms. The van der Waals surface area contributed by atoms with Crippen molar-refractivity contribution in [2.45, 2.75) is 26.3 Å². The van der Waals surface area contributed by atoms with E-state index < -0.39 is 24.2 Å². The molecule has 3 rings (SSSR count). The first-order chi connectivity index (χ1) is 13.7. The number of aromatic nitrogens is 1. The lowest BCUT2D eigenvalue weighted by molar-refractivity contribution is -0.274. The van der Waals surface area contributed by atoms with Gasteiger partial charge in [0.1, 0.15) is 17.1 Å². The van der Waals surface area contributed by atoms with Crippen LogP contribution in [0.4, 0.5) is 23.7 Å². The Kier molecular flexibility index (Phi) is 5.49. The second kappa shape index (κ2) is 7.86. The lowest BCUT2D eigenvalue weighted by Crippen LogP contribution is -2.32. The average molecular weight is 406 g/mol. The number of aryl methyl sites for hydroxylation is 1. The minimum absolute atomic E-state index is 0.131. The predicted molar refractivity (Wildman–Crippen MR) is 98.7 cm³/mol. The first-order valence-corrected chi connectivity index (χ1v) is 8.57. The van der Waals surface area contributed by atoms with Crippen molar-refractivity contribution < 1.29 is 32.3 Å². The summed E-state index contributed by atoms with van der Waals surface area (Å²) in [6.07, 6.45) is -6.02. The van der Waals surface area contributed by atoms with E-state index in [1.165, 1.54) is 12.1 Å². The van der Waals surface area contributed by atoms with Crippen LogP contribution in [0.5, 0.6) is 5.75 Å². The monoisotopic (exact) mass is 406 g/mol. The molecule has 3 aromatic rings. The summed E-state index contributed by atoms with van der Waals surface area (Å²) in [6, 6.07) is 13.4. The highest BCUT2D eigenvalue weighted by Crippen LogP contribution is 2.39. The van der Waals surface area contributed by atoms with Crippen molar-refractivity contribution >= 4 is 11.8 Å². The summed E-state index contributed by atoms with van der Waals surface area (Å²) in [5.74, 6) is -0.266. The summed E-state index contributed by atoms with van der Waals surface area (Å²) in [7, 11) is 0. The summed E-state index contributed by atoms with van der Waals surface area (Å²) < 4.78 is 46.2. The van der Waals surface area contributed by atoms with Crippen molar-refractivity contribution in [1.29, 1.82) is 0 Å². The number of carboxylic acid groups (broad SMARTS) is 1. The van der Waals surface area contributed by atoms with E-state index in [0.717, 1.165) is 22.6 Å². The summed E-state index contributed by atoms with van der Waals surface area (Å²) in [5, 5.41) is 13.7. The third kappa shape index (κ3) is 4.50. The number of ether oxygens (including phenoxy) is 1. The molecule has 0 spiro atoms. The summed E-state index contributed by atoms with van der Waals surface area (Å²) >= 11 is 0. The van der Waals surface area contributed by atoms with Gasteiger partial charge in [0.25, 0.3) is 0 Å². The van der Waals surface area contributed by atoms with Gasteiger partial charge < -0.3 is 14.4 Å². The van der Waals surface area contributed by atoms with Crippen LogP contribution < -0.4 is 9.64 Å². The molecule has 152 valence electrons. The van der Waals surface area contributed by atoms with Crippen molar-refractivity contribution in [3.05, 3.63) is 65.9 Å². The maximum Gasteiger partial charge on any atom is 0.573 e. The van der Waals surface area contributed by atoms with Crippen molar-refractivity contribution in [2.24, 2.45) is 0 Å². The van der Waals surface area contributed by atoms with E-state index in [2.05, 4.69) is 9.89 Å². The quantitative estimate of drug-likeness (QED) is 0.580. The van der Waals surface area contributed by atoms with Gasteiger partial charge in [-0.25, -0.2) is 4.79 Å². The summed E-state index contributed by atoms with van der Waals surface area (Å²) in [6.45, 7) is 3.32. The minimum atomic E-state index is -4.80. The van der Waals surface area contributed by atoms with Gasteiger partial charge in [-0.3, -0.25) is 4.90 Å². The maximum atomic E-state index is 12.4. The molecule has 0 aliphatic rings. The average Bonchev–Trinajstić information content (AvgIpc) is 3.03. The fraction of sp³-hybridized carbons (Fsp3) is 0.200. The van der Waals surface area contributed by atoms with Crippen molar-refractivity contribution in [3.63, 3.8) is 0 Å². The Labute approximate surface area is 164 Å². The fourth-order valence-electron chi connectivity index (χ4n) is 2.98. The summed E-state index contributed by atoms with van der Waals surface area (Å²) in [4.78, 5) is 13.2. The smallest absolute Gasteiger partial charge is 0.465 e. The highest BCUT2D eigenvalue weighted by Gasteiger charge is 2.32. The highest BCUT2D eigenvalue weighted by atomic mass is 19.4. The molecule has 0 aliphatic heterocycles. The Morgan fingerprint density at radius 2 is 1.76 bits per heavy atom. The zero-order chi connectivity index (χ0) is 21.2. The van der Waals surface area contributed by atoms with Gasteiger partial charge in [-0.2, -0.15) is 0 Å². The number of anilines is 1. The fourth-order valence-corrected chi connectivity index (χ4v) is 2.98. The van der Waals surface area contributed by atoms with Crippen molar-refractivity contribution in [3.8, 4) is 17.1 Å². The van der Waals surface area contributed by atoms with Gasteiger partial charge >= 0.3 is 12.5 Å². The standard InChI is InChI=1S/C20H17F3N2O4/c1-12-17(25(19(26)27)13(2)14-6-4-3-5-7-14)18(29-24-12)15-8-10-16(11-9-15)28-20(21,22)23/h3-11,13H,1-2H3,(H,26,27). The van der Waals surface area contributed by atoms with Crippen molar-refractivity contribution in [1.82, 2.24) is 5.16 Å². The molecule has 1 N–H and O–H groups in total. The minimum Gasteiger partial charge on any atom is -0.465 e. The van der Waals surface area contributed by atoms with Crippen molar-refractivity contribution in [2.75, 3.05) is 4.90 Å². The first-order valence-electron chi connectivity index (χ1n) is 8.57. The second-order valence-corrected chi connectivity index (χ2v) is 6.26. The van der Waals surface area contributed by atoms with Gasteiger partial charge in [0.15, 0.2) is 5.76 Å². The lowest BCUT2D eigenvalue weighted by atomic mass is 10.0. The van der Waals surface area contributed by atoms with Crippen LogP contribution >= 0.6 is 0 Å². The molecule has 0 saturated carbocycles. The van der Waals surface area contributed by atoms with E-state index in [-0.39, 0.29) is 11.4 Å². The van der Waals surface area contributed by atoms with Crippen LogP contribution in [0.2, 0.25) is 0 Å². The number of hydrogen-bond acceptors (Lipinski definition) is 4. The molecule has 29 heavy (non-hydrogen) atoms. The second-order valence-electron chi connectivity index (χ2n) is 6.26. The third-order valence-electron chi connectivity index (χ3n) is 4.30. The molecular formula is C20H17F3N2O4. The molecular weight excluding hydrogens is 389 g/mol. The molecule has 2 aromatic carbocycles. The number of benzene rings is 2. The molecule has 0 aliphatic carbocycles. The topological polar surface area (TPSA) is 75.8 Å². The Balaban J connectivity index is 2.00. The normalized spacial score (nSPS) is 12.4. The number of rotatable bonds is 5. The van der Waals surface area contributed by atoms with Crippen LogP contribution in [-0.2, 0) is 0 Å². The van der Waals surface area contributed by atoms with Gasteiger partial charge in [0, 0.05) is 5.56 Å². The van der Waals surface area contributed by atoms with Crippen LogP contribution in [0.3, 0.4) is 0 Å². The Morgan fingerprint density at radius 1 is 1.14 bits per heavy atom. The molecule has 1 amide bonds. The Bertz CT molecular complexity index is 985. The van der Waals surface area contributed by atoms with Gasteiger partial charge in [0.2, 0.25) is 0 Å². The number of halogens is 3. The van der Waals surface area contributed by atoms with Crippen LogP contribution in [0.15, 0.2) is 59.1 Å². The van der Waals surface area contributed by atoms with E-state index in [1.807, 2.05) is 6.07 Å². The maximum absolute atomic E-state index is 12.4. The van der Waals surface area contributed by atoms with E-state index >= 15 is 0 Å². The number of alkyl halides is 3. The molecule has 1 unspecified atom stereocenters. The number of hydrogen-bond donors (Lipinski definition) is 1. The van der Waals surface area contributed by atoms with E-state index in [4.69, 9.17) is 4.52 Å². The number of carbonyl (C=O) groups is 1. The van der Waals surface area contributed by atoms with E-state index in [1.54, 1.807) is 38.1 Å². The lowest BCUT2D eigenvalue weighted by Gasteiger charge is -2.26. The van der Waals surface area contributed by atoms with Gasteiger partial charge in [0.05, 0.1) is 6.04 Å². The van der Waals surface area contributed by atoms with Crippen LogP contribution in [0.1, 0.15) is 24.2 Å². The molecule has 9 heteroatoms. The largest absolute Gasteiger partial charge is 0.573 e. The zero-order valence-electron chi connectivity index (χ0n) is 15.5. The Hall–Kier alpha value is -3.49. The van der Waals surface area contributed by atoms with Crippen LogP contribution in [0.25, 0.3) is 11.3 Å². The summed E-state index contributed by atoms with van der Waals surface area (Å²) in [5.41, 5.74) is 1.68. The van der Waals surface area contributed by atoms with Gasteiger partial charge in [-0.1, -0.05) is 35.5 Å². The third-order valence-corrected chi connectivity index (χ3v) is 4.30. The zero-order valence-corrected chi connectivity index (χ0v) is 15.5. The molecule has 6 nitrogen and oxygen atoms in total. The molecule has 0 saturated heterocycles. The van der Waals surface area contributed by atoms with E-state index in [0.29, 0.717) is 11.3 Å². The van der Waals surface area contributed by atoms with Crippen LogP contribution in [-0.4, -0.2) is 22.7 Å². The first kappa shape index (κ1) is 20.2. The van der Waals surface area contributed by atoms with Crippen LogP contribution in [0, 0.1) is 6.92 Å². The molecule has 0 radical (unpaired) electrons. The Morgan fingerprint density at radius 3 is 2.31 bits per heavy atom.